The maximum atomic E-state index is 13.1. The highest BCUT2D eigenvalue weighted by atomic mass is 19.4. The molecule has 1 aromatic carbocycles. The topological polar surface area (TPSA) is 96.3 Å². The molecule has 1 aliphatic carbocycles. The molecule has 2 heterocycles. The van der Waals surface area contributed by atoms with Gasteiger partial charge in [0.05, 0.1) is 16.9 Å². The van der Waals surface area contributed by atoms with Gasteiger partial charge in [-0.25, -0.2) is 9.48 Å². The van der Waals surface area contributed by atoms with Crippen LogP contribution in [-0.4, -0.2) is 44.6 Å². The molecule has 1 saturated carbocycles. The zero-order chi connectivity index (χ0) is 24.0. The Morgan fingerprint density at radius 3 is 2.61 bits per heavy atom. The van der Waals surface area contributed by atoms with Gasteiger partial charge in [-0.2, -0.15) is 18.3 Å². The second kappa shape index (κ2) is 8.20. The van der Waals surface area contributed by atoms with Crippen molar-refractivity contribution in [2.24, 2.45) is 5.92 Å². The molecular formula is C22H24F3N5O3. The van der Waals surface area contributed by atoms with Crippen LogP contribution < -0.4 is 10.6 Å². The van der Waals surface area contributed by atoms with Gasteiger partial charge < -0.3 is 10.6 Å². The molecular weight excluding hydrogens is 439 g/mol. The molecule has 0 radical (unpaired) electrons. The molecule has 11 heteroatoms. The number of hydrogen-bond donors (Lipinski definition) is 2. The van der Waals surface area contributed by atoms with Crippen molar-refractivity contribution in [2.75, 3.05) is 11.9 Å². The van der Waals surface area contributed by atoms with Crippen molar-refractivity contribution in [2.45, 2.75) is 51.2 Å². The third kappa shape index (κ3) is 4.44. The lowest BCUT2D eigenvalue weighted by Gasteiger charge is -2.33. The fraction of sp³-hybridized carbons (Fsp3) is 0.455. The second-order valence-electron chi connectivity index (χ2n) is 8.77. The zero-order valence-corrected chi connectivity index (χ0v) is 18.2. The number of carbonyl (C=O) groups is 3. The van der Waals surface area contributed by atoms with E-state index in [0.29, 0.717) is 24.5 Å². The number of hydrogen-bond acceptors (Lipinski definition) is 4. The summed E-state index contributed by atoms with van der Waals surface area (Å²) in [6, 6.07) is 5.42. The Bertz CT molecular complexity index is 1100. The van der Waals surface area contributed by atoms with Crippen LogP contribution in [0.3, 0.4) is 0 Å². The van der Waals surface area contributed by atoms with Crippen LogP contribution in [0.1, 0.15) is 43.9 Å². The number of benzene rings is 1. The third-order valence-electron chi connectivity index (χ3n) is 6.19. The van der Waals surface area contributed by atoms with Gasteiger partial charge in [0.2, 0.25) is 5.91 Å². The van der Waals surface area contributed by atoms with Crippen LogP contribution in [0.15, 0.2) is 30.3 Å². The highest BCUT2D eigenvalue weighted by molar-refractivity contribution is 6.10. The summed E-state index contributed by atoms with van der Waals surface area (Å²) < 4.78 is 40.5. The first-order valence-corrected chi connectivity index (χ1v) is 10.7. The molecule has 1 aromatic heterocycles. The Morgan fingerprint density at radius 2 is 1.94 bits per heavy atom. The van der Waals surface area contributed by atoms with Gasteiger partial charge in [-0.3, -0.25) is 14.5 Å². The summed E-state index contributed by atoms with van der Waals surface area (Å²) >= 11 is 0. The van der Waals surface area contributed by atoms with Crippen molar-refractivity contribution in [3.63, 3.8) is 0 Å². The number of urea groups is 1. The number of amides is 4. The van der Waals surface area contributed by atoms with E-state index in [2.05, 4.69) is 22.7 Å². The lowest BCUT2D eigenvalue weighted by molar-refractivity contribution is -0.137. The summed E-state index contributed by atoms with van der Waals surface area (Å²) in [5.41, 5.74) is -1.23. The van der Waals surface area contributed by atoms with Gasteiger partial charge in [0, 0.05) is 6.07 Å². The average molecular weight is 463 g/mol. The Balaban J connectivity index is 1.50. The fourth-order valence-electron chi connectivity index (χ4n) is 4.34. The van der Waals surface area contributed by atoms with Crippen LogP contribution in [-0.2, 0) is 15.8 Å². The van der Waals surface area contributed by atoms with Crippen LogP contribution in [0.25, 0.3) is 5.69 Å². The van der Waals surface area contributed by atoms with Crippen LogP contribution in [0.2, 0.25) is 0 Å². The summed E-state index contributed by atoms with van der Waals surface area (Å²) in [6.45, 7) is 3.22. The normalized spacial score (nSPS) is 23.2. The van der Waals surface area contributed by atoms with E-state index in [9.17, 15) is 27.6 Å². The van der Waals surface area contributed by atoms with Gasteiger partial charge in [-0.1, -0.05) is 13.0 Å². The summed E-state index contributed by atoms with van der Waals surface area (Å²) in [6.07, 6.45) is -1.86. The smallest absolute Gasteiger partial charge is 0.323 e. The van der Waals surface area contributed by atoms with E-state index in [4.69, 9.17) is 0 Å². The molecule has 1 saturated heterocycles. The molecule has 2 aliphatic rings. The highest BCUT2D eigenvalue weighted by Gasteiger charge is 2.52. The van der Waals surface area contributed by atoms with Crippen molar-refractivity contribution in [3.05, 3.63) is 41.6 Å². The number of alkyl halides is 3. The molecule has 2 N–H and O–H groups in total. The Hall–Kier alpha value is -3.37. The second-order valence-corrected chi connectivity index (χ2v) is 8.77. The molecule has 0 atom stereocenters. The Labute approximate surface area is 188 Å². The number of halogens is 3. The maximum Gasteiger partial charge on any atom is 0.416 e. The number of nitrogens with one attached hydrogen (secondary N) is 2. The van der Waals surface area contributed by atoms with E-state index in [0.717, 1.165) is 29.9 Å². The summed E-state index contributed by atoms with van der Waals surface area (Å²) in [5, 5.41) is 9.48. The van der Waals surface area contributed by atoms with E-state index in [1.165, 1.54) is 22.9 Å². The van der Waals surface area contributed by atoms with Crippen LogP contribution in [0.5, 0.6) is 0 Å². The van der Waals surface area contributed by atoms with Crippen molar-refractivity contribution in [1.82, 2.24) is 20.0 Å². The first-order valence-electron chi connectivity index (χ1n) is 10.7. The Morgan fingerprint density at radius 1 is 1.24 bits per heavy atom. The molecule has 2 aromatic rings. The SMILES string of the molecule is Cc1cc(NC(=O)CN2C(=O)NC3(CCC(C)CC3)C2=O)n(-c2cccc(C(F)(F)F)c2)n1. The first-order chi connectivity index (χ1) is 15.5. The Kier molecular flexibility index (Phi) is 5.67. The molecule has 4 rings (SSSR count). The standard InChI is InChI=1S/C22H24F3N5O3/c1-13-6-8-21(9-7-13)19(32)29(20(33)27-21)12-18(31)26-17-10-14(2)28-30(17)16-5-3-4-15(11-16)22(23,24)25/h3-5,10-11,13H,6-9,12H2,1-2H3,(H,26,31)(H,27,33). The molecule has 1 aliphatic heterocycles. The monoisotopic (exact) mass is 463 g/mol. The molecule has 0 bridgehead atoms. The number of aryl methyl sites for hydroxylation is 1. The molecule has 33 heavy (non-hydrogen) atoms. The zero-order valence-electron chi connectivity index (χ0n) is 18.2. The minimum absolute atomic E-state index is 0.110. The van der Waals surface area contributed by atoms with Crippen LogP contribution in [0.4, 0.5) is 23.8 Å². The van der Waals surface area contributed by atoms with Crippen molar-refractivity contribution >= 4 is 23.7 Å². The molecule has 176 valence electrons. The van der Waals surface area contributed by atoms with Gasteiger partial charge in [0.25, 0.3) is 5.91 Å². The highest BCUT2D eigenvalue weighted by Crippen LogP contribution is 2.36. The van der Waals surface area contributed by atoms with Crippen LogP contribution >= 0.6 is 0 Å². The first kappa shape index (κ1) is 22.8. The van der Waals surface area contributed by atoms with Crippen molar-refractivity contribution < 1.29 is 27.6 Å². The van der Waals surface area contributed by atoms with Crippen molar-refractivity contribution in [3.8, 4) is 5.69 Å². The lowest BCUT2D eigenvalue weighted by atomic mass is 9.77. The van der Waals surface area contributed by atoms with Crippen molar-refractivity contribution in [1.29, 1.82) is 0 Å². The quantitative estimate of drug-likeness (QED) is 0.677. The number of aromatic nitrogens is 2. The van der Waals surface area contributed by atoms with E-state index in [-0.39, 0.29) is 11.5 Å². The summed E-state index contributed by atoms with van der Waals surface area (Å²) in [7, 11) is 0. The van der Waals surface area contributed by atoms with Gasteiger partial charge in [-0.15, -0.1) is 0 Å². The number of anilines is 1. The van der Waals surface area contributed by atoms with E-state index < -0.39 is 41.7 Å². The summed E-state index contributed by atoms with van der Waals surface area (Å²) in [4.78, 5) is 39.0. The molecule has 1 spiro atoms. The van der Waals surface area contributed by atoms with E-state index in [1.54, 1.807) is 6.92 Å². The number of imide groups is 1. The van der Waals surface area contributed by atoms with E-state index in [1.807, 2.05) is 0 Å². The fourth-order valence-corrected chi connectivity index (χ4v) is 4.34. The largest absolute Gasteiger partial charge is 0.416 e. The van der Waals surface area contributed by atoms with E-state index >= 15 is 0 Å². The van der Waals surface area contributed by atoms with Gasteiger partial charge in [0.15, 0.2) is 0 Å². The average Bonchev–Trinajstić information content (AvgIpc) is 3.22. The van der Waals surface area contributed by atoms with Gasteiger partial charge in [0.1, 0.15) is 17.9 Å². The number of nitrogens with zero attached hydrogens (tertiary/aromatic N) is 3. The molecule has 2 fully saturated rings. The van der Waals surface area contributed by atoms with Gasteiger partial charge >= 0.3 is 12.2 Å². The maximum absolute atomic E-state index is 13.1. The number of carbonyl (C=O) groups excluding carboxylic acids is 3. The van der Waals surface area contributed by atoms with Gasteiger partial charge in [-0.05, 0) is 56.7 Å². The minimum Gasteiger partial charge on any atom is -0.323 e. The molecule has 8 nitrogen and oxygen atoms in total. The minimum atomic E-state index is -4.53. The van der Waals surface area contributed by atoms with Crippen LogP contribution in [0, 0.1) is 12.8 Å². The predicted octanol–water partition coefficient (Wildman–Crippen LogP) is 3.64. The lowest BCUT2D eigenvalue weighted by Crippen LogP contribution is -2.49. The molecule has 4 amide bonds. The number of rotatable bonds is 4. The predicted molar refractivity (Wildman–Crippen MR) is 113 cm³/mol. The summed E-state index contributed by atoms with van der Waals surface area (Å²) in [5.74, 6) is -0.480. The third-order valence-corrected chi connectivity index (χ3v) is 6.19. The molecule has 0 unspecified atom stereocenters.